The summed E-state index contributed by atoms with van der Waals surface area (Å²) in [4.78, 5) is 11.9. The lowest BCUT2D eigenvalue weighted by Crippen LogP contribution is -2.28. The van der Waals surface area contributed by atoms with Crippen molar-refractivity contribution in [3.05, 3.63) is 53.6 Å². The van der Waals surface area contributed by atoms with Crippen LogP contribution in [-0.2, 0) is 16.6 Å². The third-order valence-electron chi connectivity index (χ3n) is 4.49. The van der Waals surface area contributed by atoms with Gasteiger partial charge >= 0.3 is 0 Å². The highest BCUT2D eigenvalue weighted by Gasteiger charge is 2.28. The van der Waals surface area contributed by atoms with Gasteiger partial charge in [0.05, 0.1) is 17.6 Å². The van der Waals surface area contributed by atoms with Crippen LogP contribution in [0.2, 0.25) is 0 Å². The summed E-state index contributed by atoms with van der Waals surface area (Å²) in [6.45, 7) is 1.13. The molecule has 0 spiro atoms. The molecule has 1 aliphatic heterocycles. The minimum Gasteiger partial charge on any atom is -0.496 e. The molecule has 0 saturated carbocycles. The lowest BCUT2D eigenvalue weighted by Gasteiger charge is -2.17. The summed E-state index contributed by atoms with van der Waals surface area (Å²) < 4.78 is 37.8. The van der Waals surface area contributed by atoms with Crippen molar-refractivity contribution in [2.75, 3.05) is 20.2 Å². The van der Waals surface area contributed by atoms with Crippen molar-refractivity contribution in [3.8, 4) is 11.5 Å². The van der Waals surface area contributed by atoms with E-state index in [2.05, 4.69) is 0 Å². The topological polar surface area (TPSA) is 98.9 Å². The Labute approximate surface area is 158 Å². The lowest BCUT2D eigenvalue weighted by molar-refractivity contribution is 0.0995. The fraction of sp³-hybridized carbons (Fsp3) is 0.316. The summed E-state index contributed by atoms with van der Waals surface area (Å²) in [6.07, 6.45) is 1.67. The van der Waals surface area contributed by atoms with Gasteiger partial charge in [-0.05, 0) is 37.1 Å². The first-order chi connectivity index (χ1) is 12.9. The highest BCUT2D eigenvalue weighted by Crippen LogP contribution is 2.28. The smallest absolute Gasteiger partial charge is 0.252 e. The number of carbonyl (C=O) groups is 1. The number of rotatable bonds is 7. The predicted molar refractivity (Wildman–Crippen MR) is 100 cm³/mol. The van der Waals surface area contributed by atoms with Crippen molar-refractivity contribution in [1.29, 1.82) is 0 Å². The van der Waals surface area contributed by atoms with E-state index in [-0.39, 0.29) is 22.8 Å². The van der Waals surface area contributed by atoms with Crippen molar-refractivity contribution in [2.45, 2.75) is 24.3 Å². The van der Waals surface area contributed by atoms with Crippen LogP contribution < -0.4 is 15.2 Å². The molecule has 1 amide bonds. The molecule has 8 heteroatoms. The van der Waals surface area contributed by atoms with Crippen LogP contribution in [0.4, 0.5) is 0 Å². The standard InChI is InChI=1S/C19H22N2O5S/c1-25-17-7-3-2-6-14(17)13-26-18-9-8-15(12-16(18)19(20)22)27(23,24)21-10-4-5-11-21/h2-3,6-9,12H,4-5,10-11,13H2,1H3,(H2,20,22). The molecule has 1 saturated heterocycles. The molecular weight excluding hydrogens is 368 g/mol. The maximum Gasteiger partial charge on any atom is 0.252 e. The molecule has 1 heterocycles. The van der Waals surface area contributed by atoms with Crippen LogP contribution in [0.25, 0.3) is 0 Å². The average molecular weight is 390 g/mol. The number of sulfonamides is 1. The van der Waals surface area contributed by atoms with Gasteiger partial charge in [-0.25, -0.2) is 8.42 Å². The molecule has 0 aromatic heterocycles. The van der Waals surface area contributed by atoms with Crippen molar-refractivity contribution in [1.82, 2.24) is 4.31 Å². The SMILES string of the molecule is COc1ccccc1COc1ccc(S(=O)(=O)N2CCCC2)cc1C(N)=O. The lowest BCUT2D eigenvalue weighted by atomic mass is 10.2. The van der Waals surface area contributed by atoms with Gasteiger partial charge in [0.15, 0.2) is 0 Å². The largest absolute Gasteiger partial charge is 0.496 e. The fourth-order valence-electron chi connectivity index (χ4n) is 3.04. The molecule has 27 heavy (non-hydrogen) atoms. The Hall–Kier alpha value is -2.58. The Balaban J connectivity index is 1.87. The summed E-state index contributed by atoms with van der Waals surface area (Å²) in [6, 6.07) is 11.5. The highest BCUT2D eigenvalue weighted by molar-refractivity contribution is 7.89. The number of ether oxygens (including phenoxy) is 2. The fourth-order valence-corrected chi connectivity index (χ4v) is 4.59. The van der Waals surface area contributed by atoms with Crippen molar-refractivity contribution >= 4 is 15.9 Å². The Kier molecular flexibility index (Phi) is 5.67. The second-order valence-corrected chi connectivity index (χ2v) is 8.17. The molecule has 7 nitrogen and oxygen atoms in total. The summed E-state index contributed by atoms with van der Waals surface area (Å²) in [5.74, 6) is 0.142. The van der Waals surface area contributed by atoms with Gasteiger partial charge in [0.2, 0.25) is 10.0 Å². The minimum absolute atomic E-state index is 0.0326. The van der Waals surface area contributed by atoms with E-state index in [9.17, 15) is 13.2 Å². The number of primary amides is 1. The van der Waals surface area contributed by atoms with Crippen LogP contribution >= 0.6 is 0 Å². The van der Waals surface area contributed by atoms with E-state index < -0.39 is 15.9 Å². The normalized spacial score (nSPS) is 14.9. The molecule has 0 aliphatic carbocycles. The summed E-state index contributed by atoms with van der Waals surface area (Å²) in [7, 11) is -2.08. The number of methoxy groups -OCH3 is 1. The third kappa shape index (κ3) is 4.06. The van der Waals surface area contributed by atoms with Gasteiger partial charge in [-0.2, -0.15) is 4.31 Å². The first-order valence-corrected chi connectivity index (χ1v) is 10.1. The van der Waals surface area contributed by atoms with Gasteiger partial charge in [-0.15, -0.1) is 0 Å². The monoisotopic (exact) mass is 390 g/mol. The van der Waals surface area contributed by atoms with Gasteiger partial charge in [-0.1, -0.05) is 18.2 Å². The summed E-state index contributed by atoms with van der Waals surface area (Å²) in [5.41, 5.74) is 6.28. The number of hydrogen-bond donors (Lipinski definition) is 1. The van der Waals surface area contributed by atoms with Crippen LogP contribution in [0.1, 0.15) is 28.8 Å². The van der Waals surface area contributed by atoms with Gasteiger partial charge in [-0.3, -0.25) is 4.79 Å². The maximum atomic E-state index is 12.7. The Bertz CT molecular complexity index is 937. The van der Waals surface area contributed by atoms with Crippen molar-refractivity contribution in [3.63, 3.8) is 0 Å². The summed E-state index contributed by atoms with van der Waals surface area (Å²) >= 11 is 0. The second-order valence-electron chi connectivity index (χ2n) is 6.23. The first kappa shape index (κ1) is 19.2. The number of nitrogens with zero attached hydrogens (tertiary/aromatic N) is 1. The van der Waals surface area contributed by atoms with Crippen LogP contribution in [0, 0.1) is 0 Å². The zero-order valence-electron chi connectivity index (χ0n) is 15.1. The predicted octanol–water partition coefficient (Wildman–Crippen LogP) is 2.16. The Morgan fingerprint density at radius 2 is 1.81 bits per heavy atom. The first-order valence-electron chi connectivity index (χ1n) is 8.62. The Morgan fingerprint density at radius 3 is 2.48 bits per heavy atom. The number of benzene rings is 2. The molecule has 0 unspecified atom stereocenters. The number of amides is 1. The molecule has 2 N–H and O–H groups in total. The Morgan fingerprint density at radius 1 is 1.11 bits per heavy atom. The van der Waals surface area contributed by atoms with E-state index in [0.29, 0.717) is 18.8 Å². The maximum absolute atomic E-state index is 12.7. The quantitative estimate of drug-likeness (QED) is 0.781. The number of carbonyl (C=O) groups excluding carboxylic acids is 1. The van der Waals surface area contributed by atoms with Crippen molar-refractivity contribution in [2.24, 2.45) is 5.73 Å². The van der Waals surface area contributed by atoms with E-state index in [0.717, 1.165) is 18.4 Å². The van der Waals surface area contributed by atoms with Gasteiger partial charge < -0.3 is 15.2 Å². The van der Waals surface area contributed by atoms with Crippen LogP contribution in [0.3, 0.4) is 0 Å². The van der Waals surface area contributed by atoms with Crippen LogP contribution in [0.5, 0.6) is 11.5 Å². The average Bonchev–Trinajstić information content (AvgIpc) is 3.22. The number of para-hydroxylation sites is 1. The second kappa shape index (κ2) is 7.98. The van der Waals surface area contributed by atoms with E-state index in [1.165, 1.54) is 22.5 Å². The van der Waals surface area contributed by atoms with Gasteiger partial charge in [0, 0.05) is 18.7 Å². The molecule has 1 aliphatic rings. The summed E-state index contributed by atoms with van der Waals surface area (Å²) in [5, 5.41) is 0. The molecular formula is C19H22N2O5S. The van der Waals surface area contributed by atoms with Crippen molar-refractivity contribution < 1.29 is 22.7 Å². The van der Waals surface area contributed by atoms with Gasteiger partial charge in [0.1, 0.15) is 18.1 Å². The van der Waals surface area contributed by atoms with Crippen LogP contribution in [-0.4, -0.2) is 38.8 Å². The van der Waals surface area contributed by atoms with E-state index in [4.69, 9.17) is 15.2 Å². The zero-order chi connectivity index (χ0) is 19.4. The molecule has 1 fully saturated rings. The third-order valence-corrected chi connectivity index (χ3v) is 6.39. The van der Waals surface area contributed by atoms with Crippen LogP contribution in [0.15, 0.2) is 47.4 Å². The highest BCUT2D eigenvalue weighted by atomic mass is 32.2. The molecule has 2 aromatic carbocycles. The number of hydrogen-bond acceptors (Lipinski definition) is 5. The minimum atomic E-state index is -3.64. The molecule has 0 bridgehead atoms. The molecule has 0 atom stereocenters. The van der Waals surface area contributed by atoms with E-state index >= 15 is 0 Å². The van der Waals surface area contributed by atoms with Gasteiger partial charge in [0.25, 0.3) is 5.91 Å². The zero-order valence-corrected chi connectivity index (χ0v) is 15.9. The molecule has 144 valence electrons. The molecule has 2 aromatic rings. The van der Waals surface area contributed by atoms with E-state index in [1.54, 1.807) is 13.2 Å². The number of nitrogens with two attached hydrogens (primary N) is 1. The molecule has 0 radical (unpaired) electrons. The molecule has 3 rings (SSSR count). The van der Waals surface area contributed by atoms with E-state index in [1.807, 2.05) is 18.2 Å².